The molecular formula is C18H26O. The van der Waals surface area contributed by atoms with Gasteiger partial charge >= 0.3 is 0 Å². The van der Waals surface area contributed by atoms with Crippen molar-refractivity contribution in [2.45, 2.75) is 40.0 Å². The zero-order valence-corrected chi connectivity index (χ0v) is 12.7. The molecule has 0 bridgehead atoms. The lowest BCUT2D eigenvalue weighted by Gasteiger charge is -2.25. The molecule has 1 heteroatoms. The minimum Gasteiger partial charge on any atom is -0.497 e. The highest BCUT2D eigenvalue weighted by Crippen LogP contribution is 2.30. The first-order valence-corrected chi connectivity index (χ1v) is 6.89. The molecule has 0 N–H and O–H groups in total. The molecule has 0 radical (unpaired) electrons. The molecule has 0 unspecified atom stereocenters. The summed E-state index contributed by atoms with van der Waals surface area (Å²) in [4.78, 5) is 0. The number of allylic oxidation sites excluding steroid dienone is 3. The van der Waals surface area contributed by atoms with Gasteiger partial charge in [-0.1, -0.05) is 36.8 Å². The lowest BCUT2D eigenvalue weighted by Crippen LogP contribution is -2.16. The number of benzene rings is 1. The number of ether oxygens (including phenoxy) is 1. The summed E-state index contributed by atoms with van der Waals surface area (Å²) in [6.07, 6.45) is 7.66. The number of hydrogen-bond acceptors (Lipinski definition) is 1. The fraction of sp³-hybridized carbons (Fsp3) is 0.444. The van der Waals surface area contributed by atoms with Crippen LogP contribution in [0.1, 0.15) is 39.2 Å². The summed E-state index contributed by atoms with van der Waals surface area (Å²) >= 11 is 0. The Hall–Kier alpha value is -1.50. The predicted molar refractivity (Wildman–Crippen MR) is 83.7 cm³/mol. The number of rotatable bonds is 7. The number of methoxy groups -OCH3 is 1. The molecule has 19 heavy (non-hydrogen) atoms. The van der Waals surface area contributed by atoms with Gasteiger partial charge in [0.25, 0.3) is 0 Å². The summed E-state index contributed by atoms with van der Waals surface area (Å²) in [7, 11) is 1.70. The van der Waals surface area contributed by atoms with E-state index in [-0.39, 0.29) is 5.41 Å². The Morgan fingerprint density at radius 2 is 1.89 bits per heavy atom. The average molecular weight is 258 g/mol. The Labute approximate surface area is 118 Å². The van der Waals surface area contributed by atoms with E-state index in [2.05, 4.69) is 51.6 Å². The smallest absolute Gasteiger partial charge is 0.118 e. The lowest BCUT2D eigenvalue weighted by atomic mass is 9.79. The molecule has 0 spiro atoms. The quantitative estimate of drug-likeness (QED) is 0.613. The van der Waals surface area contributed by atoms with E-state index < -0.39 is 0 Å². The van der Waals surface area contributed by atoms with Crippen molar-refractivity contribution in [2.75, 3.05) is 7.11 Å². The van der Waals surface area contributed by atoms with Gasteiger partial charge in [-0.3, -0.25) is 0 Å². The molecule has 0 saturated carbocycles. The van der Waals surface area contributed by atoms with Crippen molar-refractivity contribution in [3.8, 4) is 5.75 Å². The Morgan fingerprint density at radius 3 is 2.37 bits per heavy atom. The van der Waals surface area contributed by atoms with Crippen molar-refractivity contribution in [1.29, 1.82) is 0 Å². The number of hydrogen-bond donors (Lipinski definition) is 0. The standard InChI is InChI=1S/C18H26O/c1-6-18(4,13-7-8-15(2)3)14-16-9-11-17(19-5)12-10-16/h6,8-12H,1,7,13-14H2,2-5H3/t18-/m0/s1. The van der Waals surface area contributed by atoms with Crippen LogP contribution >= 0.6 is 0 Å². The van der Waals surface area contributed by atoms with Crippen molar-refractivity contribution >= 4 is 0 Å². The first kappa shape index (κ1) is 15.6. The average Bonchev–Trinajstić information content (AvgIpc) is 2.39. The summed E-state index contributed by atoms with van der Waals surface area (Å²) in [6.45, 7) is 10.6. The van der Waals surface area contributed by atoms with Crippen LogP contribution in [0.3, 0.4) is 0 Å². The monoisotopic (exact) mass is 258 g/mol. The van der Waals surface area contributed by atoms with Crippen LogP contribution in [0.15, 0.2) is 48.6 Å². The van der Waals surface area contributed by atoms with E-state index >= 15 is 0 Å². The van der Waals surface area contributed by atoms with E-state index in [1.165, 1.54) is 11.1 Å². The van der Waals surface area contributed by atoms with Gasteiger partial charge in [0.15, 0.2) is 0 Å². The lowest BCUT2D eigenvalue weighted by molar-refractivity contribution is 0.391. The zero-order valence-electron chi connectivity index (χ0n) is 12.7. The summed E-state index contributed by atoms with van der Waals surface area (Å²) in [6, 6.07) is 8.33. The van der Waals surface area contributed by atoms with Gasteiger partial charge in [0.2, 0.25) is 0 Å². The Morgan fingerprint density at radius 1 is 1.26 bits per heavy atom. The highest BCUT2D eigenvalue weighted by Gasteiger charge is 2.19. The van der Waals surface area contributed by atoms with E-state index in [0.717, 1.165) is 25.0 Å². The van der Waals surface area contributed by atoms with E-state index in [0.29, 0.717) is 0 Å². The van der Waals surface area contributed by atoms with Crippen molar-refractivity contribution in [2.24, 2.45) is 5.41 Å². The summed E-state index contributed by atoms with van der Waals surface area (Å²) in [5.74, 6) is 0.911. The normalized spacial score (nSPS) is 13.5. The van der Waals surface area contributed by atoms with E-state index in [1.54, 1.807) is 7.11 Å². The second-order valence-corrected chi connectivity index (χ2v) is 5.70. The highest BCUT2D eigenvalue weighted by atomic mass is 16.5. The summed E-state index contributed by atoms with van der Waals surface area (Å²) in [5, 5.41) is 0. The highest BCUT2D eigenvalue weighted by molar-refractivity contribution is 5.28. The van der Waals surface area contributed by atoms with Gasteiger partial charge < -0.3 is 4.74 Å². The maximum atomic E-state index is 5.19. The van der Waals surface area contributed by atoms with Crippen LogP contribution in [-0.4, -0.2) is 7.11 Å². The van der Waals surface area contributed by atoms with Gasteiger partial charge in [-0.2, -0.15) is 0 Å². The third-order valence-corrected chi connectivity index (χ3v) is 3.53. The molecule has 1 nitrogen and oxygen atoms in total. The van der Waals surface area contributed by atoms with Gasteiger partial charge in [-0.25, -0.2) is 0 Å². The molecule has 1 rings (SSSR count). The van der Waals surface area contributed by atoms with Crippen LogP contribution in [0.2, 0.25) is 0 Å². The summed E-state index contributed by atoms with van der Waals surface area (Å²) < 4.78 is 5.19. The van der Waals surface area contributed by atoms with Crippen molar-refractivity contribution in [3.63, 3.8) is 0 Å². The molecule has 0 saturated heterocycles. The minimum absolute atomic E-state index is 0.153. The molecule has 1 atom stereocenters. The zero-order chi connectivity index (χ0) is 14.3. The van der Waals surface area contributed by atoms with Gasteiger partial charge in [0.05, 0.1) is 7.11 Å². The van der Waals surface area contributed by atoms with E-state index in [4.69, 9.17) is 4.74 Å². The predicted octanol–water partition coefficient (Wildman–Crippen LogP) is 5.18. The maximum Gasteiger partial charge on any atom is 0.118 e. The molecule has 0 aliphatic rings. The molecule has 104 valence electrons. The van der Waals surface area contributed by atoms with Crippen LogP contribution in [0.4, 0.5) is 0 Å². The van der Waals surface area contributed by atoms with Gasteiger partial charge in [0.1, 0.15) is 5.75 Å². The molecule has 1 aromatic rings. The van der Waals surface area contributed by atoms with Crippen LogP contribution in [0.5, 0.6) is 5.75 Å². The minimum atomic E-state index is 0.153. The molecule has 0 heterocycles. The molecule has 0 aliphatic heterocycles. The first-order chi connectivity index (χ1) is 8.99. The van der Waals surface area contributed by atoms with Crippen LogP contribution in [0, 0.1) is 5.41 Å². The fourth-order valence-corrected chi connectivity index (χ4v) is 2.16. The van der Waals surface area contributed by atoms with Gasteiger partial charge in [-0.05, 0) is 56.2 Å². The van der Waals surface area contributed by atoms with Crippen LogP contribution in [-0.2, 0) is 6.42 Å². The Kier molecular flexibility index (Phi) is 5.88. The molecular weight excluding hydrogens is 232 g/mol. The van der Waals surface area contributed by atoms with Gasteiger partial charge in [0, 0.05) is 0 Å². The van der Waals surface area contributed by atoms with E-state index in [9.17, 15) is 0 Å². The topological polar surface area (TPSA) is 9.23 Å². The Bertz CT molecular complexity index is 424. The molecule has 0 fully saturated rings. The van der Waals surface area contributed by atoms with Gasteiger partial charge in [-0.15, -0.1) is 6.58 Å². The largest absolute Gasteiger partial charge is 0.497 e. The molecule has 0 aromatic heterocycles. The maximum absolute atomic E-state index is 5.19. The van der Waals surface area contributed by atoms with Crippen molar-refractivity contribution < 1.29 is 4.74 Å². The van der Waals surface area contributed by atoms with Crippen LogP contribution in [0.25, 0.3) is 0 Å². The molecule has 0 amide bonds. The van der Waals surface area contributed by atoms with E-state index in [1.807, 2.05) is 12.1 Å². The van der Waals surface area contributed by atoms with Crippen molar-refractivity contribution in [1.82, 2.24) is 0 Å². The SMILES string of the molecule is C=C[C@@](C)(CCC=C(C)C)Cc1ccc(OC)cc1. The first-order valence-electron chi connectivity index (χ1n) is 6.89. The van der Waals surface area contributed by atoms with Crippen molar-refractivity contribution in [3.05, 3.63) is 54.1 Å². The van der Waals surface area contributed by atoms with Crippen LogP contribution < -0.4 is 4.74 Å². The molecule has 0 aliphatic carbocycles. The third kappa shape index (κ3) is 5.34. The second-order valence-electron chi connectivity index (χ2n) is 5.70. The molecule has 1 aromatic carbocycles. The fourth-order valence-electron chi connectivity index (χ4n) is 2.16. The third-order valence-electron chi connectivity index (χ3n) is 3.53. The second kappa shape index (κ2) is 7.18. The Balaban J connectivity index is 2.68. The summed E-state index contributed by atoms with van der Waals surface area (Å²) in [5.41, 5.74) is 2.87.